The van der Waals surface area contributed by atoms with E-state index < -0.39 is 6.36 Å². The summed E-state index contributed by atoms with van der Waals surface area (Å²) in [5.41, 5.74) is 6.20. The minimum Gasteiger partial charge on any atom is -0.406 e. The second-order valence-electron chi connectivity index (χ2n) is 12.4. The van der Waals surface area contributed by atoms with Gasteiger partial charge in [-0.05, 0) is 99.4 Å². The minimum atomic E-state index is -4.74. The smallest absolute Gasteiger partial charge is 0.406 e. The fourth-order valence-corrected chi connectivity index (χ4v) is 7.12. The van der Waals surface area contributed by atoms with Gasteiger partial charge in [-0.15, -0.1) is 18.3 Å². The van der Waals surface area contributed by atoms with Crippen LogP contribution in [0.25, 0.3) is 17.1 Å². The van der Waals surface area contributed by atoms with Crippen molar-refractivity contribution in [3.05, 3.63) is 89.7 Å². The summed E-state index contributed by atoms with van der Waals surface area (Å²) in [7, 11) is 0. The Morgan fingerprint density at radius 3 is 2.50 bits per heavy atom. The zero-order chi connectivity index (χ0) is 34.4. The summed E-state index contributed by atoms with van der Waals surface area (Å²) in [5.74, 6) is 1.48. The van der Waals surface area contributed by atoms with Gasteiger partial charge in [0.1, 0.15) is 12.1 Å². The molecule has 1 aromatic heterocycles. The first kappa shape index (κ1) is 35.0. The number of carbonyl (C=O) groups is 1. The van der Waals surface area contributed by atoms with E-state index in [1.165, 1.54) is 46.4 Å². The van der Waals surface area contributed by atoms with E-state index in [1.807, 2.05) is 31.2 Å². The molecule has 254 valence electrons. The average Bonchev–Trinajstić information content (AvgIpc) is 3.51. The van der Waals surface area contributed by atoms with Crippen molar-refractivity contribution in [2.45, 2.75) is 84.7 Å². The first-order valence-corrected chi connectivity index (χ1v) is 17.1. The van der Waals surface area contributed by atoms with Gasteiger partial charge in [0.2, 0.25) is 0 Å². The molecule has 4 aromatic rings. The Labute approximate surface area is 283 Å². The summed E-state index contributed by atoms with van der Waals surface area (Å²) in [5, 5.41) is 8.28. The number of benzene rings is 3. The van der Waals surface area contributed by atoms with Gasteiger partial charge in [-0.1, -0.05) is 62.0 Å². The molecule has 1 aliphatic heterocycles. The molecule has 8 nitrogen and oxygen atoms in total. The van der Waals surface area contributed by atoms with Gasteiger partial charge in [-0.3, -0.25) is 0 Å². The molecule has 12 heteroatoms. The van der Waals surface area contributed by atoms with Crippen LogP contribution in [-0.2, 0) is 6.42 Å². The molecule has 0 radical (unpaired) electrons. The van der Waals surface area contributed by atoms with Crippen molar-refractivity contribution in [2.75, 3.05) is 10.7 Å². The Kier molecular flexibility index (Phi) is 11.1. The molecule has 0 spiro atoms. The van der Waals surface area contributed by atoms with Crippen LogP contribution >= 0.6 is 11.8 Å². The van der Waals surface area contributed by atoms with Crippen molar-refractivity contribution in [1.82, 2.24) is 20.1 Å². The number of urea groups is 1. The fourth-order valence-electron chi connectivity index (χ4n) is 5.92. The number of anilines is 1. The summed E-state index contributed by atoms with van der Waals surface area (Å²) in [6.45, 7) is 10.7. The van der Waals surface area contributed by atoms with Gasteiger partial charge in [-0.2, -0.15) is 4.99 Å². The topological polar surface area (TPSA) is 84.6 Å². The normalized spacial score (nSPS) is 16.7. The van der Waals surface area contributed by atoms with Crippen LogP contribution in [0, 0.1) is 6.92 Å². The lowest BCUT2D eigenvalue weighted by Crippen LogP contribution is -2.43. The van der Waals surface area contributed by atoms with Gasteiger partial charge in [-0.25, -0.2) is 14.5 Å². The lowest BCUT2D eigenvalue weighted by molar-refractivity contribution is -0.274. The molecule has 2 heterocycles. The maximum atomic E-state index is 13.1. The predicted molar refractivity (Wildman–Crippen MR) is 186 cm³/mol. The fraction of sp³-hybridized carbons (Fsp3) is 0.389. The Morgan fingerprint density at radius 2 is 1.81 bits per heavy atom. The van der Waals surface area contributed by atoms with Gasteiger partial charge in [0.15, 0.2) is 11.0 Å². The van der Waals surface area contributed by atoms with Crippen molar-refractivity contribution < 1.29 is 22.7 Å². The average molecular weight is 679 g/mol. The number of halogens is 3. The number of aliphatic imine (C=N–C) groups is 1. The zero-order valence-corrected chi connectivity index (χ0v) is 28.6. The molecule has 0 bridgehead atoms. The number of nitrogens with zero attached hydrogens (tertiary/aromatic N) is 5. The molecule has 1 N–H and O–H groups in total. The van der Waals surface area contributed by atoms with E-state index in [0.29, 0.717) is 17.4 Å². The Hall–Kier alpha value is -4.32. The summed E-state index contributed by atoms with van der Waals surface area (Å²) < 4.78 is 42.7. The summed E-state index contributed by atoms with van der Waals surface area (Å²) in [4.78, 5) is 24.2. The maximum absolute atomic E-state index is 13.1. The van der Waals surface area contributed by atoms with Crippen LogP contribution in [0.15, 0.2) is 78.0 Å². The van der Waals surface area contributed by atoms with E-state index in [2.05, 4.69) is 75.9 Å². The van der Waals surface area contributed by atoms with E-state index in [4.69, 9.17) is 0 Å². The number of hydrogen-bond acceptors (Lipinski definition) is 5. The lowest BCUT2D eigenvalue weighted by Gasteiger charge is -2.37. The number of amides is 2. The largest absolute Gasteiger partial charge is 0.573 e. The van der Waals surface area contributed by atoms with Crippen LogP contribution in [-0.4, -0.2) is 50.2 Å². The number of rotatable bonds is 10. The van der Waals surface area contributed by atoms with Crippen molar-refractivity contribution in [2.24, 2.45) is 4.99 Å². The zero-order valence-electron chi connectivity index (χ0n) is 27.8. The van der Waals surface area contributed by atoms with Gasteiger partial charge in [0.25, 0.3) is 0 Å². The van der Waals surface area contributed by atoms with Gasteiger partial charge < -0.3 is 15.0 Å². The predicted octanol–water partition coefficient (Wildman–Crippen LogP) is 9.07. The summed E-state index contributed by atoms with van der Waals surface area (Å²) >= 11 is 1.63. The van der Waals surface area contributed by atoms with E-state index in [1.54, 1.807) is 11.8 Å². The minimum absolute atomic E-state index is 0.0342. The molecule has 0 aliphatic carbocycles. The molecule has 48 heavy (non-hydrogen) atoms. The molecule has 2 amide bonds. The first-order chi connectivity index (χ1) is 22.9. The Balaban J connectivity index is 1.13. The van der Waals surface area contributed by atoms with E-state index in [0.717, 1.165) is 53.4 Å². The molecule has 2 atom stereocenters. The number of carbonyl (C=O) groups excluding carboxylic acids is 1. The van der Waals surface area contributed by atoms with E-state index >= 15 is 0 Å². The van der Waals surface area contributed by atoms with Crippen LogP contribution in [0.2, 0.25) is 0 Å². The number of aryl methyl sites for hydroxylation is 2. The highest BCUT2D eigenvalue weighted by molar-refractivity contribution is 8.14. The van der Waals surface area contributed by atoms with Crippen LogP contribution < -0.4 is 15.0 Å². The SMILES string of the molecule is Cc1cccc(N2/C(=N/C(=O)NC(C)CCCc3ccc(-c4ncn(-c5ccc(OC(F)(F)F)cc5)n4)cc3)SCCC2C)c1C(C)C. The van der Waals surface area contributed by atoms with Crippen LogP contribution in [0.1, 0.15) is 69.6 Å². The number of ether oxygens (including phenoxy) is 1. The highest BCUT2D eigenvalue weighted by atomic mass is 32.2. The second kappa shape index (κ2) is 15.3. The molecule has 0 saturated carbocycles. The third kappa shape index (κ3) is 8.97. The Morgan fingerprint density at radius 1 is 1.08 bits per heavy atom. The summed E-state index contributed by atoms with van der Waals surface area (Å²) in [6.07, 6.45) is 0.329. The van der Waals surface area contributed by atoms with Crippen LogP contribution in [0.4, 0.5) is 23.7 Å². The molecule has 1 aliphatic rings. The number of alkyl halides is 3. The van der Waals surface area contributed by atoms with Crippen molar-refractivity contribution in [1.29, 1.82) is 0 Å². The molecular formula is C36H41F3N6O2S. The quantitative estimate of drug-likeness (QED) is 0.180. The number of amidine groups is 1. The standard InChI is InChI=1S/C36H41F3N6O2S/c1-23(2)32-24(3)8-6-11-31(32)45-26(5)20-21-48-35(45)42-34(46)41-25(4)9-7-10-27-12-14-28(15-13-27)33-40-22-44(43-33)29-16-18-30(19-17-29)47-36(37,38)39/h6,8,11-19,22-23,25-26H,7,9-10,20-21H2,1-5H3,(H,41,46)/b42-35-. The molecule has 3 aromatic carbocycles. The number of nitrogens with one attached hydrogen (secondary N) is 1. The second-order valence-corrected chi connectivity index (χ2v) is 13.5. The molecular weight excluding hydrogens is 637 g/mol. The van der Waals surface area contributed by atoms with E-state index in [-0.39, 0.29) is 23.9 Å². The number of aromatic nitrogens is 3. The number of hydrogen-bond donors (Lipinski definition) is 1. The van der Waals surface area contributed by atoms with Crippen LogP contribution in [0.3, 0.4) is 0 Å². The number of thioether (sulfide) groups is 1. The highest BCUT2D eigenvalue weighted by Crippen LogP contribution is 2.36. The van der Waals surface area contributed by atoms with Gasteiger partial charge >= 0.3 is 12.4 Å². The first-order valence-electron chi connectivity index (χ1n) is 16.2. The molecule has 5 rings (SSSR count). The van der Waals surface area contributed by atoms with Crippen molar-refractivity contribution in [3.63, 3.8) is 0 Å². The van der Waals surface area contributed by atoms with Crippen molar-refractivity contribution in [3.8, 4) is 22.8 Å². The lowest BCUT2D eigenvalue weighted by atomic mass is 9.95. The summed E-state index contributed by atoms with van der Waals surface area (Å²) in [6, 6.07) is 19.6. The van der Waals surface area contributed by atoms with Crippen LogP contribution in [0.5, 0.6) is 5.75 Å². The third-order valence-electron chi connectivity index (χ3n) is 8.26. The third-order valence-corrected chi connectivity index (χ3v) is 9.25. The highest BCUT2D eigenvalue weighted by Gasteiger charge is 2.31. The molecule has 1 saturated heterocycles. The van der Waals surface area contributed by atoms with Crippen molar-refractivity contribution >= 4 is 28.6 Å². The van der Waals surface area contributed by atoms with Gasteiger partial charge in [0, 0.05) is 29.1 Å². The monoisotopic (exact) mass is 678 g/mol. The molecule has 1 fully saturated rings. The van der Waals surface area contributed by atoms with Gasteiger partial charge in [0.05, 0.1) is 5.69 Å². The van der Waals surface area contributed by atoms with E-state index in [9.17, 15) is 18.0 Å². The Bertz CT molecular complexity index is 1720. The molecule has 2 unspecified atom stereocenters. The maximum Gasteiger partial charge on any atom is 0.573 e.